The summed E-state index contributed by atoms with van der Waals surface area (Å²) in [5, 5.41) is 10.6. The van der Waals surface area contributed by atoms with E-state index in [1.807, 2.05) is 0 Å². The van der Waals surface area contributed by atoms with Gasteiger partial charge in [0.25, 0.3) is 5.56 Å². The van der Waals surface area contributed by atoms with E-state index in [0.717, 1.165) is 13.3 Å². The van der Waals surface area contributed by atoms with Crippen LogP contribution in [-0.2, 0) is 14.3 Å². The van der Waals surface area contributed by atoms with E-state index in [2.05, 4.69) is 9.72 Å². The summed E-state index contributed by atoms with van der Waals surface area (Å²) >= 11 is 0. The minimum atomic E-state index is -0.916. The Morgan fingerprint density at radius 2 is 1.75 bits per heavy atom. The average molecular weight is 391 g/mol. The van der Waals surface area contributed by atoms with Crippen molar-refractivity contribution in [1.29, 1.82) is 0 Å². The van der Waals surface area contributed by atoms with Gasteiger partial charge in [-0.05, 0) is 17.7 Å². The lowest BCUT2D eigenvalue weighted by Gasteiger charge is -2.19. The number of methoxy groups -OCH3 is 4. The Morgan fingerprint density at radius 3 is 2.32 bits per heavy atom. The van der Waals surface area contributed by atoms with Gasteiger partial charge in [0, 0.05) is 12.1 Å². The Morgan fingerprint density at radius 1 is 1.07 bits per heavy atom. The number of aromatic nitrogens is 1. The second-order valence-electron chi connectivity index (χ2n) is 5.73. The second kappa shape index (κ2) is 8.94. The Labute approximate surface area is 160 Å². The molecule has 150 valence electrons. The molecule has 1 heterocycles. The molecular formula is C19H21NO8. The van der Waals surface area contributed by atoms with E-state index in [4.69, 9.17) is 14.2 Å². The van der Waals surface area contributed by atoms with Crippen molar-refractivity contribution in [2.45, 2.75) is 12.3 Å². The van der Waals surface area contributed by atoms with Crippen LogP contribution in [-0.4, -0.2) is 50.5 Å². The molecule has 1 atom stereocenters. The first-order chi connectivity index (χ1) is 13.4. The highest BCUT2D eigenvalue weighted by Crippen LogP contribution is 2.37. The smallest absolute Gasteiger partial charge is 0.343 e. The zero-order valence-corrected chi connectivity index (χ0v) is 15.9. The van der Waals surface area contributed by atoms with Gasteiger partial charge in [-0.2, -0.15) is 0 Å². The minimum Gasteiger partial charge on any atom is -0.506 e. The van der Waals surface area contributed by atoms with Crippen LogP contribution >= 0.6 is 0 Å². The first-order valence-electron chi connectivity index (χ1n) is 8.19. The summed E-state index contributed by atoms with van der Waals surface area (Å²) in [5.41, 5.74) is -0.576. The molecule has 1 aromatic carbocycles. The van der Waals surface area contributed by atoms with Crippen LogP contribution in [0, 0.1) is 0 Å². The van der Waals surface area contributed by atoms with E-state index in [-0.39, 0.29) is 17.5 Å². The fourth-order valence-corrected chi connectivity index (χ4v) is 2.83. The van der Waals surface area contributed by atoms with Crippen LogP contribution < -0.4 is 15.0 Å². The molecule has 0 unspecified atom stereocenters. The van der Waals surface area contributed by atoms with E-state index in [9.17, 15) is 19.5 Å². The third-order valence-corrected chi connectivity index (χ3v) is 4.26. The van der Waals surface area contributed by atoms with Gasteiger partial charge in [0.2, 0.25) is 0 Å². The van der Waals surface area contributed by atoms with Gasteiger partial charge in [-0.25, -0.2) is 4.79 Å². The Hall–Kier alpha value is -3.49. The summed E-state index contributed by atoms with van der Waals surface area (Å²) in [7, 11) is 5.27. The van der Waals surface area contributed by atoms with Gasteiger partial charge in [-0.3, -0.25) is 9.59 Å². The molecule has 0 fully saturated rings. The number of carbonyl (C=O) groups is 2. The van der Waals surface area contributed by atoms with Crippen molar-refractivity contribution < 1.29 is 33.6 Å². The van der Waals surface area contributed by atoms with Crippen molar-refractivity contribution in [3.05, 3.63) is 51.4 Å². The van der Waals surface area contributed by atoms with Gasteiger partial charge in [-0.15, -0.1) is 0 Å². The maximum Gasteiger partial charge on any atom is 0.343 e. The van der Waals surface area contributed by atoms with Crippen molar-refractivity contribution in [3.63, 3.8) is 0 Å². The van der Waals surface area contributed by atoms with Gasteiger partial charge in [0.1, 0.15) is 11.3 Å². The molecule has 0 radical (unpaired) electrons. The normalized spacial score (nSPS) is 11.4. The SMILES string of the molecule is COC(=O)C[C@H](c1ccc(OC)c(OC)c1)c1c(O)c(C(=O)OC)c[nH]c1=O. The Kier molecular flexibility index (Phi) is 6.64. The number of hydrogen-bond acceptors (Lipinski definition) is 8. The maximum atomic E-state index is 12.5. The molecule has 0 aliphatic carbocycles. The summed E-state index contributed by atoms with van der Waals surface area (Å²) in [6, 6.07) is 4.81. The fourth-order valence-electron chi connectivity index (χ4n) is 2.83. The number of H-pyrrole nitrogens is 1. The number of rotatable bonds is 7. The van der Waals surface area contributed by atoms with Crippen molar-refractivity contribution in [1.82, 2.24) is 4.98 Å². The van der Waals surface area contributed by atoms with Gasteiger partial charge in [-0.1, -0.05) is 6.07 Å². The molecule has 2 N–H and O–H groups in total. The first-order valence-corrected chi connectivity index (χ1v) is 8.19. The molecule has 0 amide bonds. The summed E-state index contributed by atoms with van der Waals surface area (Å²) < 4.78 is 19.8. The lowest BCUT2D eigenvalue weighted by molar-refractivity contribution is -0.140. The molecule has 0 saturated carbocycles. The lowest BCUT2D eigenvalue weighted by Crippen LogP contribution is -2.22. The van der Waals surface area contributed by atoms with Gasteiger partial charge in [0.15, 0.2) is 11.5 Å². The monoisotopic (exact) mass is 391 g/mol. The predicted octanol–water partition coefficient (Wildman–Crippen LogP) is 1.58. The molecule has 9 nitrogen and oxygen atoms in total. The molecule has 0 aliphatic heterocycles. The van der Waals surface area contributed by atoms with Crippen LogP contribution in [0.15, 0.2) is 29.2 Å². The molecule has 0 aliphatic rings. The van der Waals surface area contributed by atoms with Crippen molar-refractivity contribution in [2.24, 2.45) is 0 Å². The highest BCUT2D eigenvalue weighted by atomic mass is 16.5. The van der Waals surface area contributed by atoms with Gasteiger partial charge < -0.3 is 29.0 Å². The number of benzene rings is 1. The molecule has 1 aromatic heterocycles. The van der Waals surface area contributed by atoms with E-state index >= 15 is 0 Å². The number of ether oxygens (including phenoxy) is 4. The molecule has 28 heavy (non-hydrogen) atoms. The second-order valence-corrected chi connectivity index (χ2v) is 5.73. The van der Waals surface area contributed by atoms with Crippen molar-refractivity contribution >= 4 is 11.9 Å². The lowest BCUT2D eigenvalue weighted by atomic mass is 9.87. The van der Waals surface area contributed by atoms with Crippen LogP contribution in [0.1, 0.15) is 33.8 Å². The summed E-state index contributed by atoms with van der Waals surface area (Å²) in [4.78, 5) is 38.7. The van der Waals surface area contributed by atoms with Gasteiger partial charge >= 0.3 is 11.9 Å². The largest absolute Gasteiger partial charge is 0.506 e. The quantitative estimate of drug-likeness (QED) is 0.682. The zero-order valence-electron chi connectivity index (χ0n) is 15.9. The molecule has 2 rings (SSSR count). The molecule has 0 saturated heterocycles. The highest BCUT2D eigenvalue weighted by Gasteiger charge is 2.29. The number of aromatic amines is 1. The van der Waals surface area contributed by atoms with Crippen molar-refractivity contribution in [3.8, 4) is 17.2 Å². The van der Waals surface area contributed by atoms with E-state index in [0.29, 0.717) is 17.1 Å². The predicted molar refractivity (Wildman–Crippen MR) is 98.1 cm³/mol. The molecule has 2 aromatic rings. The van der Waals surface area contributed by atoms with Crippen LogP contribution in [0.4, 0.5) is 0 Å². The van der Waals surface area contributed by atoms with Crippen molar-refractivity contribution in [2.75, 3.05) is 28.4 Å². The number of hydrogen-bond donors (Lipinski definition) is 2. The standard InChI is InChI=1S/C19H21NO8/c1-25-13-6-5-10(7-14(13)26-2)11(8-15(21)27-3)16-17(22)12(19(24)28-4)9-20-18(16)23/h5-7,9,11H,8H2,1-4H3,(H2,20,22,23)/t11-/m1/s1. The third kappa shape index (κ3) is 4.08. The van der Waals surface area contributed by atoms with E-state index < -0.39 is 29.2 Å². The molecule has 0 spiro atoms. The third-order valence-electron chi connectivity index (χ3n) is 4.26. The number of esters is 2. The topological polar surface area (TPSA) is 124 Å². The van der Waals surface area contributed by atoms with Crippen LogP contribution in [0.2, 0.25) is 0 Å². The number of nitrogens with one attached hydrogen (secondary N) is 1. The van der Waals surface area contributed by atoms with E-state index in [1.54, 1.807) is 18.2 Å². The molecule has 0 bridgehead atoms. The Bertz CT molecular complexity index is 934. The Balaban J connectivity index is 2.70. The summed E-state index contributed by atoms with van der Waals surface area (Å²) in [5.74, 6) is -2.11. The van der Waals surface area contributed by atoms with E-state index in [1.165, 1.54) is 21.3 Å². The highest BCUT2D eigenvalue weighted by molar-refractivity contribution is 5.92. The summed E-state index contributed by atoms with van der Waals surface area (Å²) in [6.45, 7) is 0. The minimum absolute atomic E-state index is 0.166. The summed E-state index contributed by atoms with van der Waals surface area (Å²) in [6.07, 6.45) is 0.796. The van der Waals surface area contributed by atoms with Crippen LogP contribution in [0.5, 0.6) is 17.2 Å². The fraction of sp³-hybridized carbons (Fsp3) is 0.316. The van der Waals surface area contributed by atoms with Crippen LogP contribution in [0.3, 0.4) is 0 Å². The van der Waals surface area contributed by atoms with Crippen LogP contribution in [0.25, 0.3) is 0 Å². The first kappa shape index (κ1) is 20.8. The average Bonchev–Trinajstić information content (AvgIpc) is 2.71. The maximum absolute atomic E-state index is 12.5. The molecule has 9 heteroatoms. The number of carbonyl (C=O) groups excluding carboxylic acids is 2. The van der Waals surface area contributed by atoms with Gasteiger partial charge in [0.05, 0.1) is 40.4 Å². The number of aromatic hydroxyl groups is 1. The zero-order chi connectivity index (χ0) is 20.8. The number of pyridine rings is 1. The molecular weight excluding hydrogens is 370 g/mol.